The number of rotatable bonds is 12. The molecule has 0 heterocycles. The van der Waals surface area contributed by atoms with Crippen molar-refractivity contribution in [3.05, 3.63) is 71.8 Å². The van der Waals surface area contributed by atoms with Gasteiger partial charge in [0.05, 0.1) is 6.04 Å². The first-order valence-electron chi connectivity index (χ1n) is 16.6. The van der Waals surface area contributed by atoms with Gasteiger partial charge >= 0.3 is 6.09 Å². The van der Waals surface area contributed by atoms with Gasteiger partial charge < -0.3 is 20.7 Å². The fraction of sp³-hybridized carbons (Fsp3) is 0.526. The van der Waals surface area contributed by atoms with E-state index >= 15 is 0 Å². The van der Waals surface area contributed by atoms with Crippen LogP contribution in [0, 0.1) is 11.3 Å². The number of nitrogens with two attached hydrogens (primary N) is 1. The Balaban J connectivity index is 2.43. The highest BCUT2D eigenvalue weighted by atomic mass is 32.2. The molecule has 3 atom stereocenters. The van der Waals surface area contributed by atoms with E-state index in [2.05, 4.69) is 10.0 Å². The van der Waals surface area contributed by atoms with E-state index in [9.17, 15) is 19.2 Å². The van der Waals surface area contributed by atoms with Gasteiger partial charge in [-0.1, -0.05) is 84.9 Å². The standard InChI is InChI=1S/C38H57N5O5S/c1-24(2)29(23-25(3)32(44)41-49-28-21-19-27(39)20-22-28)42(12)34(46)30(36(4,5)6)40-33(45)31(43(13)35(47)48-37(7,8)9)38(10,11)26-17-15-14-16-18-26/h14-24,29-31H,39H2,1-13H3,(H,40,45)(H,41,44)/b25-23+/t29-,30-,31-/m1/s1. The molecule has 4 amide bonds. The molecule has 0 bridgehead atoms. The van der Waals surface area contributed by atoms with Crippen molar-refractivity contribution in [2.45, 2.75) is 110 Å². The van der Waals surface area contributed by atoms with Crippen molar-refractivity contribution < 1.29 is 23.9 Å². The third-order valence-corrected chi connectivity index (χ3v) is 9.11. The van der Waals surface area contributed by atoms with E-state index in [1.807, 2.05) is 90.9 Å². The van der Waals surface area contributed by atoms with Crippen LogP contribution in [0.25, 0.3) is 0 Å². The van der Waals surface area contributed by atoms with Crippen LogP contribution < -0.4 is 15.8 Å². The van der Waals surface area contributed by atoms with Crippen LogP contribution in [0.3, 0.4) is 0 Å². The van der Waals surface area contributed by atoms with Crippen molar-refractivity contribution in [3.8, 4) is 0 Å². The molecule has 11 heteroatoms. The van der Waals surface area contributed by atoms with Crippen molar-refractivity contribution in [1.82, 2.24) is 19.8 Å². The summed E-state index contributed by atoms with van der Waals surface area (Å²) in [4.78, 5) is 58.9. The van der Waals surface area contributed by atoms with E-state index in [0.717, 1.165) is 10.5 Å². The van der Waals surface area contributed by atoms with E-state index in [-0.39, 0.29) is 17.7 Å². The largest absolute Gasteiger partial charge is 0.444 e. The lowest BCUT2D eigenvalue weighted by molar-refractivity contribution is -0.141. The first-order valence-corrected chi connectivity index (χ1v) is 17.4. The van der Waals surface area contributed by atoms with E-state index < -0.39 is 46.6 Å². The van der Waals surface area contributed by atoms with Crippen molar-refractivity contribution in [2.24, 2.45) is 11.3 Å². The zero-order chi connectivity index (χ0) is 37.5. The van der Waals surface area contributed by atoms with Gasteiger partial charge in [0.15, 0.2) is 0 Å². The molecule has 0 spiro atoms. The normalized spacial score (nSPS) is 14.4. The molecule has 0 unspecified atom stereocenters. The molecule has 2 aromatic rings. The number of carbonyl (C=O) groups excluding carboxylic acids is 4. The van der Waals surface area contributed by atoms with Crippen LogP contribution in [0.1, 0.15) is 81.7 Å². The zero-order valence-electron chi connectivity index (χ0n) is 31.5. The summed E-state index contributed by atoms with van der Waals surface area (Å²) in [5, 5.41) is 3.03. The second-order valence-electron chi connectivity index (χ2n) is 15.5. The number of carbonyl (C=O) groups is 4. The monoisotopic (exact) mass is 695 g/mol. The summed E-state index contributed by atoms with van der Waals surface area (Å²) in [6, 6.07) is 14.2. The average molecular weight is 696 g/mol. The van der Waals surface area contributed by atoms with Gasteiger partial charge in [-0.3, -0.25) is 24.0 Å². The van der Waals surface area contributed by atoms with Gasteiger partial charge in [-0.05, 0) is 80.8 Å². The van der Waals surface area contributed by atoms with Crippen molar-refractivity contribution in [2.75, 3.05) is 19.8 Å². The Morgan fingerprint density at radius 1 is 0.857 bits per heavy atom. The Hall–Kier alpha value is -3.99. The number of benzene rings is 2. The second kappa shape index (κ2) is 16.6. The molecule has 0 saturated heterocycles. The summed E-state index contributed by atoms with van der Waals surface area (Å²) in [6.45, 7) is 20.4. The number of likely N-dealkylation sites (N-methyl/N-ethyl adjacent to an activating group) is 2. The molecule has 10 nitrogen and oxygen atoms in total. The van der Waals surface area contributed by atoms with Crippen LogP contribution in [-0.2, 0) is 24.5 Å². The molecule has 0 aliphatic carbocycles. The summed E-state index contributed by atoms with van der Waals surface area (Å²) >= 11 is 1.18. The molecular formula is C38H57N5O5S. The zero-order valence-corrected chi connectivity index (χ0v) is 32.3. The third-order valence-electron chi connectivity index (χ3n) is 8.32. The summed E-state index contributed by atoms with van der Waals surface area (Å²) in [5.41, 5.74) is 5.33. The molecule has 0 radical (unpaired) electrons. The maximum Gasteiger partial charge on any atom is 0.410 e. The molecule has 0 fully saturated rings. The maximum absolute atomic E-state index is 14.4. The Morgan fingerprint density at radius 2 is 1.41 bits per heavy atom. The molecule has 0 saturated carbocycles. The summed E-state index contributed by atoms with van der Waals surface area (Å²) in [5.74, 6) is -1.15. The van der Waals surface area contributed by atoms with Crippen molar-refractivity contribution in [1.29, 1.82) is 0 Å². The van der Waals surface area contributed by atoms with Crippen LogP contribution in [0.2, 0.25) is 0 Å². The second-order valence-corrected chi connectivity index (χ2v) is 16.4. The summed E-state index contributed by atoms with van der Waals surface area (Å²) in [6.07, 6.45) is 1.13. The van der Waals surface area contributed by atoms with E-state index in [1.165, 1.54) is 16.8 Å². The quantitative estimate of drug-likeness (QED) is 0.130. The number of nitrogens with zero attached hydrogens (tertiary/aromatic N) is 2. The van der Waals surface area contributed by atoms with Gasteiger partial charge in [-0.15, -0.1) is 0 Å². The topological polar surface area (TPSA) is 134 Å². The van der Waals surface area contributed by atoms with Crippen molar-refractivity contribution in [3.63, 3.8) is 0 Å². The average Bonchev–Trinajstić information content (AvgIpc) is 3.00. The fourth-order valence-electron chi connectivity index (χ4n) is 5.48. The molecular weight excluding hydrogens is 639 g/mol. The highest BCUT2D eigenvalue weighted by Gasteiger charge is 2.45. The Morgan fingerprint density at radius 3 is 1.90 bits per heavy atom. The van der Waals surface area contributed by atoms with Crippen molar-refractivity contribution >= 4 is 41.5 Å². The molecule has 2 aromatic carbocycles. The first kappa shape index (κ1) is 41.2. The smallest absolute Gasteiger partial charge is 0.410 e. The van der Waals surface area contributed by atoms with E-state index in [1.54, 1.807) is 64.9 Å². The van der Waals surface area contributed by atoms with Gasteiger partial charge in [0.2, 0.25) is 11.8 Å². The molecule has 0 aliphatic rings. The number of anilines is 1. The lowest BCUT2D eigenvalue weighted by atomic mass is 9.76. The maximum atomic E-state index is 14.4. The molecule has 270 valence electrons. The summed E-state index contributed by atoms with van der Waals surface area (Å²) in [7, 11) is 3.23. The number of hydrogen-bond acceptors (Lipinski definition) is 7. The Labute approximate surface area is 297 Å². The van der Waals surface area contributed by atoms with Crippen LogP contribution in [0.5, 0.6) is 0 Å². The fourth-order valence-corrected chi connectivity index (χ4v) is 6.12. The van der Waals surface area contributed by atoms with E-state index in [0.29, 0.717) is 11.3 Å². The van der Waals surface area contributed by atoms with Gasteiger partial charge in [0.25, 0.3) is 5.91 Å². The number of nitrogens with one attached hydrogen (secondary N) is 2. The molecule has 49 heavy (non-hydrogen) atoms. The van der Waals surface area contributed by atoms with Crippen LogP contribution in [-0.4, -0.2) is 71.4 Å². The SMILES string of the molecule is C/C(=C\[C@H](C(C)C)N(C)C(=O)[C@@H](NC(=O)[C@@H](N(C)C(=O)OC(C)(C)C)C(C)(C)c1ccccc1)C(C)(C)C)C(=O)NSc1ccc(N)cc1. The predicted octanol–water partition coefficient (Wildman–Crippen LogP) is 6.57. The number of amides is 4. The molecule has 0 aromatic heterocycles. The number of ether oxygens (including phenoxy) is 1. The minimum Gasteiger partial charge on any atom is -0.444 e. The molecule has 4 N–H and O–H groups in total. The van der Waals surface area contributed by atoms with Gasteiger partial charge in [-0.25, -0.2) is 4.79 Å². The lowest BCUT2D eigenvalue weighted by Crippen LogP contribution is -2.63. The first-order chi connectivity index (χ1) is 22.5. The minimum atomic E-state index is -1.03. The Kier molecular flexibility index (Phi) is 14.0. The number of hydrogen-bond donors (Lipinski definition) is 3. The Bertz CT molecular complexity index is 1480. The van der Waals surface area contributed by atoms with Gasteiger partial charge in [0.1, 0.15) is 17.7 Å². The van der Waals surface area contributed by atoms with Gasteiger partial charge in [-0.2, -0.15) is 0 Å². The predicted molar refractivity (Wildman–Crippen MR) is 199 cm³/mol. The van der Waals surface area contributed by atoms with Gasteiger partial charge in [0, 0.05) is 35.7 Å². The molecule has 2 rings (SSSR count). The molecule has 0 aliphatic heterocycles. The van der Waals surface area contributed by atoms with E-state index in [4.69, 9.17) is 10.5 Å². The van der Waals surface area contributed by atoms with Crippen LogP contribution in [0.4, 0.5) is 10.5 Å². The lowest BCUT2D eigenvalue weighted by Gasteiger charge is -2.42. The number of nitrogen functional groups attached to an aromatic ring is 1. The third kappa shape index (κ3) is 11.5. The van der Waals surface area contributed by atoms with Crippen LogP contribution >= 0.6 is 11.9 Å². The highest BCUT2D eigenvalue weighted by Crippen LogP contribution is 2.32. The minimum absolute atomic E-state index is 0.0548. The summed E-state index contributed by atoms with van der Waals surface area (Å²) < 4.78 is 8.51. The highest BCUT2D eigenvalue weighted by molar-refractivity contribution is 7.98. The van der Waals surface area contributed by atoms with Crippen LogP contribution in [0.15, 0.2) is 71.1 Å².